The van der Waals surface area contributed by atoms with E-state index in [9.17, 15) is 14.7 Å². The van der Waals surface area contributed by atoms with E-state index in [1.165, 1.54) is 11.2 Å². The van der Waals surface area contributed by atoms with Crippen molar-refractivity contribution >= 4 is 23.1 Å². The molecule has 1 atom stereocenters. The van der Waals surface area contributed by atoms with Gasteiger partial charge in [-0.3, -0.25) is 14.5 Å². The van der Waals surface area contributed by atoms with Crippen LogP contribution in [0.25, 0.3) is 5.76 Å². The van der Waals surface area contributed by atoms with Crippen LogP contribution in [0.3, 0.4) is 0 Å². The number of nitrogens with zero attached hydrogens (tertiary/aromatic N) is 1. The van der Waals surface area contributed by atoms with Crippen molar-refractivity contribution < 1.29 is 19.1 Å². The van der Waals surface area contributed by atoms with Gasteiger partial charge in [-0.2, -0.15) is 0 Å². The number of hydrogen-bond donors (Lipinski definition) is 1. The first kappa shape index (κ1) is 18.7. The molecule has 0 radical (unpaired) electrons. The molecule has 3 aromatic rings. The van der Waals surface area contributed by atoms with Gasteiger partial charge < -0.3 is 9.52 Å². The van der Waals surface area contributed by atoms with Crippen LogP contribution in [0, 0.1) is 6.92 Å². The highest BCUT2D eigenvalue weighted by Crippen LogP contribution is 2.42. The predicted molar refractivity (Wildman–Crippen MR) is 110 cm³/mol. The maximum absolute atomic E-state index is 13.0. The monoisotopic (exact) mass is 387 g/mol. The number of aliphatic hydroxyl groups is 1. The summed E-state index contributed by atoms with van der Waals surface area (Å²) >= 11 is 0. The Morgan fingerprint density at radius 2 is 1.72 bits per heavy atom. The quantitative estimate of drug-likeness (QED) is 0.397. The van der Waals surface area contributed by atoms with Crippen molar-refractivity contribution in [2.45, 2.75) is 26.3 Å². The summed E-state index contributed by atoms with van der Waals surface area (Å²) in [7, 11) is 0. The van der Waals surface area contributed by atoms with Gasteiger partial charge in [0.2, 0.25) is 0 Å². The second kappa shape index (κ2) is 7.43. The van der Waals surface area contributed by atoms with Crippen LogP contribution in [0.2, 0.25) is 0 Å². The molecule has 0 bridgehead atoms. The van der Waals surface area contributed by atoms with E-state index in [2.05, 4.69) is 0 Å². The van der Waals surface area contributed by atoms with Crippen LogP contribution in [-0.4, -0.2) is 16.8 Å². The Kier molecular flexibility index (Phi) is 4.80. The van der Waals surface area contributed by atoms with Crippen molar-refractivity contribution in [3.05, 3.63) is 95.0 Å². The van der Waals surface area contributed by atoms with Crippen molar-refractivity contribution in [2.75, 3.05) is 4.90 Å². The fourth-order valence-corrected chi connectivity index (χ4v) is 3.57. The molecule has 1 amide bonds. The number of carbonyl (C=O) groups excluding carboxylic acids is 2. The van der Waals surface area contributed by atoms with Gasteiger partial charge in [0, 0.05) is 11.3 Å². The van der Waals surface area contributed by atoms with Gasteiger partial charge in [-0.05, 0) is 43.2 Å². The molecule has 1 unspecified atom stereocenters. The molecule has 1 aliphatic heterocycles. The summed E-state index contributed by atoms with van der Waals surface area (Å²) in [5, 5.41) is 11.0. The predicted octanol–water partition coefficient (Wildman–Crippen LogP) is 4.78. The minimum Gasteiger partial charge on any atom is -0.507 e. The molecule has 0 aliphatic carbocycles. The third-order valence-corrected chi connectivity index (χ3v) is 5.20. The van der Waals surface area contributed by atoms with Crippen molar-refractivity contribution in [1.29, 1.82) is 0 Å². The highest BCUT2D eigenvalue weighted by atomic mass is 16.3. The Morgan fingerprint density at radius 1 is 1.03 bits per heavy atom. The Labute approximate surface area is 168 Å². The van der Waals surface area contributed by atoms with Gasteiger partial charge >= 0.3 is 0 Å². The van der Waals surface area contributed by atoms with E-state index in [-0.39, 0.29) is 11.3 Å². The van der Waals surface area contributed by atoms with Gasteiger partial charge in [0.15, 0.2) is 0 Å². The lowest BCUT2D eigenvalue weighted by Crippen LogP contribution is -2.29. The fourth-order valence-electron chi connectivity index (χ4n) is 3.57. The number of Topliss-reactive ketones (excluding diaryl/α,β-unsaturated/α-hetero) is 1. The average Bonchev–Trinajstić information content (AvgIpc) is 3.35. The van der Waals surface area contributed by atoms with E-state index in [1.54, 1.807) is 24.3 Å². The van der Waals surface area contributed by atoms with Crippen LogP contribution in [0.1, 0.15) is 35.4 Å². The summed E-state index contributed by atoms with van der Waals surface area (Å²) in [6.45, 7) is 3.98. The van der Waals surface area contributed by atoms with E-state index in [0.29, 0.717) is 17.0 Å². The van der Waals surface area contributed by atoms with Crippen molar-refractivity contribution in [3.8, 4) is 0 Å². The molecule has 29 heavy (non-hydrogen) atoms. The standard InChI is InChI=1S/C24H21NO4/c1-3-16-8-12-18(13-9-16)25-21(19-5-4-14-29-19)20(23(27)24(25)28)22(26)17-10-6-15(2)7-11-17/h4-14,21,26H,3H2,1-2H3/b22-20-. The molecule has 0 saturated carbocycles. The summed E-state index contributed by atoms with van der Waals surface area (Å²) in [4.78, 5) is 27.3. The molecule has 1 aliphatic rings. The van der Waals surface area contributed by atoms with Gasteiger partial charge in [-0.15, -0.1) is 0 Å². The lowest BCUT2D eigenvalue weighted by Gasteiger charge is -2.23. The molecule has 1 aromatic heterocycles. The highest BCUT2D eigenvalue weighted by molar-refractivity contribution is 6.51. The van der Waals surface area contributed by atoms with Crippen LogP contribution < -0.4 is 4.90 Å². The molecule has 146 valence electrons. The minimum absolute atomic E-state index is 0.0216. The zero-order valence-electron chi connectivity index (χ0n) is 16.3. The number of carbonyl (C=O) groups is 2. The molecule has 2 aromatic carbocycles. The number of ketones is 1. The van der Waals surface area contributed by atoms with Crippen molar-refractivity contribution in [2.24, 2.45) is 0 Å². The largest absolute Gasteiger partial charge is 0.507 e. The molecule has 1 fully saturated rings. The molecule has 1 N–H and O–H groups in total. The summed E-state index contributed by atoms with van der Waals surface area (Å²) in [5.74, 6) is -1.22. The number of aliphatic hydroxyl groups excluding tert-OH is 1. The third-order valence-electron chi connectivity index (χ3n) is 5.20. The molecule has 2 heterocycles. The molecule has 5 nitrogen and oxygen atoms in total. The third kappa shape index (κ3) is 3.25. The number of benzene rings is 2. The van der Waals surface area contributed by atoms with E-state index < -0.39 is 17.7 Å². The van der Waals surface area contributed by atoms with E-state index in [4.69, 9.17) is 4.42 Å². The maximum atomic E-state index is 13.0. The molecular formula is C24H21NO4. The van der Waals surface area contributed by atoms with Crippen LogP contribution >= 0.6 is 0 Å². The van der Waals surface area contributed by atoms with Gasteiger partial charge in [-0.25, -0.2) is 0 Å². The number of amides is 1. The first-order chi connectivity index (χ1) is 14.0. The Morgan fingerprint density at radius 3 is 2.31 bits per heavy atom. The molecule has 5 heteroatoms. The number of hydrogen-bond acceptors (Lipinski definition) is 4. The van der Waals surface area contributed by atoms with Gasteiger partial charge in [0.05, 0.1) is 11.8 Å². The average molecular weight is 387 g/mol. The second-order valence-corrected chi connectivity index (χ2v) is 7.07. The zero-order valence-corrected chi connectivity index (χ0v) is 16.3. The summed E-state index contributed by atoms with van der Waals surface area (Å²) in [5.41, 5.74) is 3.23. The van der Waals surface area contributed by atoms with E-state index in [0.717, 1.165) is 17.5 Å². The summed E-state index contributed by atoms with van der Waals surface area (Å²) in [6, 6.07) is 17.2. The molecule has 0 spiro atoms. The van der Waals surface area contributed by atoms with Crippen molar-refractivity contribution in [3.63, 3.8) is 0 Å². The van der Waals surface area contributed by atoms with Gasteiger partial charge in [0.1, 0.15) is 17.6 Å². The normalized spacial score (nSPS) is 18.4. The smallest absolute Gasteiger partial charge is 0.300 e. The van der Waals surface area contributed by atoms with Crippen LogP contribution in [0.5, 0.6) is 0 Å². The van der Waals surface area contributed by atoms with Crippen LogP contribution in [0.15, 0.2) is 76.9 Å². The number of rotatable bonds is 4. The lowest BCUT2D eigenvalue weighted by molar-refractivity contribution is -0.132. The molecule has 4 rings (SSSR count). The number of anilines is 1. The van der Waals surface area contributed by atoms with E-state index >= 15 is 0 Å². The second-order valence-electron chi connectivity index (χ2n) is 7.07. The zero-order chi connectivity index (χ0) is 20.5. The lowest BCUT2D eigenvalue weighted by atomic mass is 9.98. The van der Waals surface area contributed by atoms with Crippen LogP contribution in [0.4, 0.5) is 5.69 Å². The van der Waals surface area contributed by atoms with Gasteiger partial charge in [0.25, 0.3) is 11.7 Å². The van der Waals surface area contributed by atoms with Crippen LogP contribution in [-0.2, 0) is 16.0 Å². The van der Waals surface area contributed by atoms with E-state index in [1.807, 2.05) is 50.2 Å². The fraction of sp³-hybridized carbons (Fsp3) is 0.167. The number of furan rings is 1. The Hall–Kier alpha value is -3.60. The molecular weight excluding hydrogens is 366 g/mol. The Bertz CT molecular complexity index is 1080. The first-order valence-corrected chi connectivity index (χ1v) is 9.51. The summed E-state index contributed by atoms with van der Waals surface area (Å²) in [6.07, 6.45) is 2.36. The highest BCUT2D eigenvalue weighted by Gasteiger charge is 2.48. The molecule has 1 saturated heterocycles. The van der Waals surface area contributed by atoms with Gasteiger partial charge in [-0.1, -0.05) is 48.9 Å². The van der Waals surface area contributed by atoms with Crippen molar-refractivity contribution in [1.82, 2.24) is 0 Å². The topological polar surface area (TPSA) is 70.8 Å². The minimum atomic E-state index is -0.834. The summed E-state index contributed by atoms with van der Waals surface area (Å²) < 4.78 is 5.55. The first-order valence-electron chi connectivity index (χ1n) is 9.51. The Balaban J connectivity index is 1.88. The number of aryl methyl sites for hydroxylation is 2. The maximum Gasteiger partial charge on any atom is 0.300 e. The SMILES string of the molecule is CCc1ccc(N2C(=O)C(=O)/C(=C(\O)c3ccc(C)cc3)C2c2ccco2)cc1.